The summed E-state index contributed by atoms with van der Waals surface area (Å²) in [5, 5.41) is 12.7. The van der Waals surface area contributed by atoms with E-state index >= 15 is 0 Å². The Morgan fingerprint density at radius 3 is 2.12 bits per heavy atom. The molecule has 1 fully saturated rings. The lowest BCUT2D eigenvalue weighted by Crippen LogP contribution is -2.51. The van der Waals surface area contributed by atoms with Crippen molar-refractivity contribution in [1.82, 2.24) is 4.90 Å². The minimum Gasteiger partial charge on any atom is -0.457 e. The van der Waals surface area contributed by atoms with Crippen LogP contribution in [0.4, 0.5) is 0 Å². The molecule has 33 heavy (non-hydrogen) atoms. The zero-order valence-corrected chi connectivity index (χ0v) is 21.4. The second-order valence-corrected chi connectivity index (χ2v) is 11.7. The molecule has 2 heterocycles. The van der Waals surface area contributed by atoms with E-state index in [0.29, 0.717) is 0 Å². The van der Waals surface area contributed by atoms with E-state index in [1.807, 2.05) is 72.1 Å². The zero-order valence-electron chi connectivity index (χ0n) is 19.8. The molecule has 2 aromatic carbocycles. The maximum atomic E-state index is 12.7. The Hall–Kier alpha value is -1.58. The van der Waals surface area contributed by atoms with Gasteiger partial charge in [0.05, 0.1) is 10.6 Å². The molecule has 3 nitrogen and oxygen atoms in total. The first-order valence-electron chi connectivity index (χ1n) is 12.2. The highest BCUT2D eigenvalue weighted by molar-refractivity contribution is 8.18. The topological polar surface area (TPSA) is 32.7 Å². The Balaban J connectivity index is 1.56. The standard InChI is InChI=1S/C28H35NO2S2/c1-3-29(4-2)20-13-7-5-6-12-19-27(32-21-14-22-33-27)28(30)23-15-8-10-17-25(23)31-26-18-11-9-16-24(26)28/h8-11,15-18,30H,3-6,12,14,19-22H2,1-2H3. The lowest BCUT2D eigenvalue weighted by atomic mass is 9.78. The van der Waals surface area contributed by atoms with Crippen molar-refractivity contribution in [3.8, 4) is 23.3 Å². The van der Waals surface area contributed by atoms with Crippen LogP contribution in [0.5, 0.6) is 11.5 Å². The molecule has 0 saturated carbocycles. The molecule has 2 aliphatic heterocycles. The van der Waals surface area contributed by atoms with E-state index < -0.39 is 5.60 Å². The number of ether oxygens (including phenoxy) is 1. The summed E-state index contributed by atoms with van der Waals surface area (Å²) in [5.74, 6) is 10.4. The fourth-order valence-corrected chi connectivity index (χ4v) is 8.45. The third-order valence-corrected chi connectivity index (χ3v) is 10.3. The van der Waals surface area contributed by atoms with Gasteiger partial charge in [-0.1, -0.05) is 62.6 Å². The van der Waals surface area contributed by atoms with Crippen LogP contribution in [0.3, 0.4) is 0 Å². The van der Waals surface area contributed by atoms with Crippen LogP contribution in [0, 0.1) is 11.8 Å². The second kappa shape index (κ2) is 11.2. The quantitative estimate of drug-likeness (QED) is 0.344. The van der Waals surface area contributed by atoms with Crippen molar-refractivity contribution in [2.24, 2.45) is 0 Å². The Morgan fingerprint density at radius 1 is 0.909 bits per heavy atom. The molecule has 0 atom stereocenters. The van der Waals surface area contributed by atoms with Crippen LogP contribution in [0.25, 0.3) is 0 Å². The van der Waals surface area contributed by atoms with Gasteiger partial charge in [0.25, 0.3) is 0 Å². The van der Waals surface area contributed by atoms with Crippen LogP contribution < -0.4 is 4.74 Å². The first-order valence-corrected chi connectivity index (χ1v) is 14.2. The monoisotopic (exact) mass is 481 g/mol. The molecule has 1 saturated heterocycles. The van der Waals surface area contributed by atoms with Crippen LogP contribution in [-0.4, -0.2) is 45.2 Å². The summed E-state index contributed by atoms with van der Waals surface area (Å²) in [6, 6.07) is 16.0. The molecule has 0 amide bonds. The number of nitrogens with zero attached hydrogens (tertiary/aromatic N) is 1. The van der Waals surface area contributed by atoms with E-state index in [0.717, 1.165) is 79.4 Å². The van der Waals surface area contributed by atoms with E-state index in [-0.39, 0.29) is 4.08 Å². The summed E-state index contributed by atoms with van der Waals surface area (Å²) < 4.78 is 5.88. The molecule has 0 spiro atoms. The number of hydrogen-bond acceptors (Lipinski definition) is 5. The van der Waals surface area contributed by atoms with Gasteiger partial charge < -0.3 is 9.84 Å². The van der Waals surface area contributed by atoms with Crippen molar-refractivity contribution in [2.45, 2.75) is 55.6 Å². The van der Waals surface area contributed by atoms with Gasteiger partial charge in [0.1, 0.15) is 17.1 Å². The molecule has 0 aromatic heterocycles. The maximum Gasteiger partial charge on any atom is 0.145 e. The van der Waals surface area contributed by atoms with Gasteiger partial charge in [0.2, 0.25) is 0 Å². The highest BCUT2D eigenvalue weighted by Crippen LogP contribution is 2.63. The SMILES string of the molecule is CCN(CC)CC#CCCCCC1(C2(O)c3ccccc3Oc3ccccc32)SCCCS1. The number of thioether (sulfide) groups is 2. The highest BCUT2D eigenvalue weighted by atomic mass is 32.2. The van der Waals surface area contributed by atoms with Crippen LogP contribution in [0.2, 0.25) is 0 Å². The Labute approximate surface area is 207 Å². The third kappa shape index (κ3) is 4.95. The van der Waals surface area contributed by atoms with E-state index in [2.05, 4.69) is 30.6 Å². The minimum atomic E-state index is -1.09. The van der Waals surface area contributed by atoms with Gasteiger partial charge in [0.15, 0.2) is 0 Å². The average molecular weight is 482 g/mol. The lowest BCUT2D eigenvalue weighted by molar-refractivity contribution is 0.0528. The maximum absolute atomic E-state index is 12.7. The average Bonchev–Trinajstić information content (AvgIpc) is 2.86. The van der Waals surface area contributed by atoms with Crippen LogP contribution >= 0.6 is 23.5 Å². The van der Waals surface area contributed by atoms with Crippen molar-refractivity contribution in [3.63, 3.8) is 0 Å². The number of fused-ring (bicyclic) bond motifs is 2. The number of aliphatic hydroxyl groups is 1. The van der Waals surface area contributed by atoms with Gasteiger partial charge >= 0.3 is 0 Å². The number of rotatable bonds is 8. The summed E-state index contributed by atoms with van der Waals surface area (Å²) >= 11 is 3.87. The Kier molecular flexibility index (Phi) is 8.35. The summed E-state index contributed by atoms with van der Waals surface area (Å²) in [7, 11) is 0. The largest absolute Gasteiger partial charge is 0.457 e. The van der Waals surface area contributed by atoms with Crippen molar-refractivity contribution >= 4 is 23.5 Å². The molecule has 0 bridgehead atoms. The van der Waals surface area contributed by atoms with Gasteiger partial charge in [-0.15, -0.1) is 29.4 Å². The molecular formula is C28H35NO2S2. The second-order valence-electron chi connectivity index (χ2n) is 8.63. The van der Waals surface area contributed by atoms with E-state index in [9.17, 15) is 5.11 Å². The third-order valence-electron chi connectivity index (χ3n) is 6.66. The molecular weight excluding hydrogens is 446 g/mol. The summed E-state index contributed by atoms with van der Waals surface area (Å²) in [5.41, 5.74) is 0.692. The van der Waals surface area contributed by atoms with Gasteiger partial charge in [-0.25, -0.2) is 0 Å². The predicted molar refractivity (Wildman–Crippen MR) is 142 cm³/mol. The van der Waals surface area contributed by atoms with Crippen molar-refractivity contribution in [1.29, 1.82) is 0 Å². The normalized spacial score (nSPS) is 17.9. The molecule has 0 radical (unpaired) electrons. The Bertz CT molecular complexity index is 941. The molecule has 2 aliphatic rings. The van der Waals surface area contributed by atoms with Gasteiger partial charge in [-0.2, -0.15) is 0 Å². The predicted octanol–water partition coefficient (Wildman–Crippen LogP) is 6.50. The number of benzene rings is 2. The first-order chi connectivity index (χ1) is 16.1. The molecule has 0 unspecified atom stereocenters. The summed E-state index contributed by atoms with van der Waals surface area (Å²) in [6.45, 7) is 7.32. The molecule has 176 valence electrons. The fraction of sp³-hybridized carbons (Fsp3) is 0.500. The summed E-state index contributed by atoms with van der Waals surface area (Å²) in [4.78, 5) is 2.34. The van der Waals surface area contributed by atoms with Crippen LogP contribution in [-0.2, 0) is 5.60 Å². The smallest absolute Gasteiger partial charge is 0.145 e. The number of hydrogen-bond donors (Lipinski definition) is 1. The van der Waals surface area contributed by atoms with Gasteiger partial charge in [-0.05, 0) is 56.0 Å². The highest BCUT2D eigenvalue weighted by Gasteiger charge is 2.57. The number of para-hydroxylation sites is 2. The fourth-order valence-electron chi connectivity index (χ4n) is 4.77. The van der Waals surface area contributed by atoms with Crippen molar-refractivity contribution in [2.75, 3.05) is 31.1 Å². The molecule has 1 N–H and O–H groups in total. The first kappa shape index (κ1) is 24.5. The van der Waals surface area contributed by atoms with Crippen molar-refractivity contribution < 1.29 is 9.84 Å². The minimum absolute atomic E-state index is 0.337. The molecule has 5 heteroatoms. The molecule has 0 aliphatic carbocycles. The van der Waals surface area contributed by atoms with Gasteiger partial charge in [-0.3, -0.25) is 4.90 Å². The zero-order chi connectivity index (χ0) is 23.2. The molecule has 2 aromatic rings. The van der Waals surface area contributed by atoms with E-state index in [1.165, 1.54) is 6.42 Å². The van der Waals surface area contributed by atoms with Crippen molar-refractivity contribution in [3.05, 3.63) is 59.7 Å². The van der Waals surface area contributed by atoms with E-state index in [1.54, 1.807) is 0 Å². The van der Waals surface area contributed by atoms with Crippen LogP contribution in [0.15, 0.2) is 48.5 Å². The van der Waals surface area contributed by atoms with E-state index in [4.69, 9.17) is 4.74 Å². The van der Waals surface area contributed by atoms with Gasteiger partial charge in [0, 0.05) is 17.5 Å². The molecule has 4 rings (SSSR count). The number of unbranched alkanes of at least 4 members (excludes halogenated alkanes) is 2. The lowest BCUT2D eigenvalue weighted by Gasteiger charge is -2.51. The summed E-state index contributed by atoms with van der Waals surface area (Å²) in [6.07, 6.45) is 5.15. The Morgan fingerprint density at radius 2 is 1.52 bits per heavy atom. The van der Waals surface area contributed by atoms with Crippen LogP contribution in [0.1, 0.15) is 57.1 Å².